The van der Waals surface area contributed by atoms with Crippen LogP contribution in [0.2, 0.25) is 0 Å². The van der Waals surface area contributed by atoms with Crippen LogP contribution in [-0.4, -0.2) is 5.78 Å². The molecule has 0 unspecified atom stereocenters. The maximum Gasteiger partial charge on any atom is 0.136 e. The summed E-state index contributed by atoms with van der Waals surface area (Å²) >= 11 is 0. The van der Waals surface area contributed by atoms with Crippen molar-refractivity contribution in [1.29, 1.82) is 0 Å². The van der Waals surface area contributed by atoms with E-state index in [4.69, 9.17) is 0 Å². The minimum Gasteiger partial charge on any atom is -0.299 e. The Morgan fingerprint density at radius 1 is 1.21 bits per heavy atom. The molecule has 0 saturated carbocycles. The highest BCUT2D eigenvalue weighted by atomic mass is 16.1. The van der Waals surface area contributed by atoms with E-state index < -0.39 is 0 Å². The molecule has 1 nitrogen and oxygen atoms in total. The van der Waals surface area contributed by atoms with Gasteiger partial charge in [0, 0.05) is 12.8 Å². The van der Waals surface area contributed by atoms with Gasteiger partial charge in [0.1, 0.15) is 5.78 Å². The fourth-order valence-corrected chi connectivity index (χ4v) is 1.37. The Balaban J connectivity index is 2.69. The van der Waals surface area contributed by atoms with E-state index in [1.165, 1.54) is 5.56 Å². The highest BCUT2D eigenvalue weighted by Crippen LogP contribution is 2.15. The molecule has 0 amide bonds. The fraction of sp³-hybridized carbons (Fsp3) is 0.462. The van der Waals surface area contributed by atoms with Crippen LogP contribution in [0, 0.1) is 0 Å². The lowest BCUT2D eigenvalue weighted by molar-refractivity contribution is -0.118. The quantitative estimate of drug-likeness (QED) is 0.711. The Kier molecular flexibility index (Phi) is 3.87. The second-order valence-corrected chi connectivity index (χ2v) is 3.97. The lowest BCUT2D eigenvalue weighted by Gasteiger charge is -2.05. The molecule has 0 atom stereocenters. The number of Topliss-reactive ketones (excluding diaryl/α,β-unsaturated/α-hetero) is 1. The average Bonchev–Trinajstić information content (AvgIpc) is 2.18. The van der Waals surface area contributed by atoms with E-state index in [1.54, 1.807) is 0 Å². The molecule has 0 bridgehead atoms. The van der Waals surface area contributed by atoms with Crippen LogP contribution in [0.15, 0.2) is 24.3 Å². The summed E-state index contributed by atoms with van der Waals surface area (Å²) in [5.74, 6) is 0.869. The molecule has 0 aliphatic heterocycles. The van der Waals surface area contributed by atoms with Crippen LogP contribution >= 0.6 is 0 Å². The van der Waals surface area contributed by atoms with E-state index in [-0.39, 0.29) is 0 Å². The van der Waals surface area contributed by atoms with Gasteiger partial charge in [-0.1, -0.05) is 45.0 Å². The first-order chi connectivity index (χ1) is 6.63. The largest absolute Gasteiger partial charge is 0.299 e. The van der Waals surface area contributed by atoms with E-state index in [2.05, 4.69) is 38.1 Å². The maximum absolute atomic E-state index is 11.2. The van der Waals surface area contributed by atoms with Crippen LogP contribution < -0.4 is 0 Å². The van der Waals surface area contributed by atoms with Gasteiger partial charge in [-0.15, -0.1) is 0 Å². The predicted octanol–water partition coefficient (Wildman–Crippen LogP) is 3.33. The number of ketones is 1. The first-order valence-electron chi connectivity index (χ1n) is 5.24. The van der Waals surface area contributed by atoms with Crippen LogP contribution in [-0.2, 0) is 11.2 Å². The summed E-state index contributed by atoms with van der Waals surface area (Å²) < 4.78 is 0. The van der Waals surface area contributed by atoms with Crippen molar-refractivity contribution in [3.8, 4) is 0 Å². The zero-order valence-electron chi connectivity index (χ0n) is 9.21. The van der Waals surface area contributed by atoms with Crippen molar-refractivity contribution in [2.45, 2.75) is 39.5 Å². The number of hydrogen-bond donors (Lipinski definition) is 0. The summed E-state index contributed by atoms with van der Waals surface area (Å²) in [6.45, 7) is 6.25. The Hall–Kier alpha value is -1.11. The van der Waals surface area contributed by atoms with Crippen molar-refractivity contribution in [3.05, 3.63) is 35.4 Å². The Labute approximate surface area is 86.1 Å². The first-order valence-corrected chi connectivity index (χ1v) is 5.24. The molecule has 1 aromatic carbocycles. The summed E-state index contributed by atoms with van der Waals surface area (Å²) in [6, 6.07) is 8.34. The number of carbonyl (C=O) groups excluding carboxylic acids is 1. The Morgan fingerprint density at radius 2 is 1.79 bits per heavy atom. The molecule has 0 fully saturated rings. The van der Waals surface area contributed by atoms with E-state index in [0.717, 1.165) is 5.56 Å². The van der Waals surface area contributed by atoms with Gasteiger partial charge in [0.25, 0.3) is 0 Å². The van der Waals surface area contributed by atoms with E-state index in [9.17, 15) is 4.79 Å². The van der Waals surface area contributed by atoms with Gasteiger partial charge in [-0.25, -0.2) is 0 Å². The zero-order chi connectivity index (χ0) is 10.6. The molecule has 1 heteroatoms. The van der Waals surface area contributed by atoms with Gasteiger partial charge in [-0.05, 0) is 17.0 Å². The predicted molar refractivity (Wildman–Crippen MR) is 59.5 cm³/mol. The third-order valence-corrected chi connectivity index (χ3v) is 2.44. The zero-order valence-corrected chi connectivity index (χ0v) is 9.21. The van der Waals surface area contributed by atoms with Crippen LogP contribution in [0.5, 0.6) is 0 Å². The van der Waals surface area contributed by atoms with Crippen molar-refractivity contribution in [2.75, 3.05) is 0 Å². The van der Waals surface area contributed by atoms with Gasteiger partial charge in [0.2, 0.25) is 0 Å². The topological polar surface area (TPSA) is 17.1 Å². The molecule has 0 N–H and O–H groups in total. The summed E-state index contributed by atoms with van der Waals surface area (Å²) in [5, 5.41) is 0. The third-order valence-electron chi connectivity index (χ3n) is 2.44. The molecular weight excluding hydrogens is 172 g/mol. The SMILES string of the molecule is CCC(=O)Cc1ccc(C(C)C)cc1. The monoisotopic (exact) mass is 190 g/mol. The van der Waals surface area contributed by atoms with Crippen molar-refractivity contribution in [2.24, 2.45) is 0 Å². The molecular formula is C13H18O. The Bertz CT molecular complexity index is 296. The van der Waals surface area contributed by atoms with Crippen LogP contribution in [0.25, 0.3) is 0 Å². The summed E-state index contributed by atoms with van der Waals surface area (Å²) in [7, 11) is 0. The number of carbonyl (C=O) groups is 1. The maximum atomic E-state index is 11.2. The van der Waals surface area contributed by atoms with E-state index >= 15 is 0 Å². The molecule has 0 spiro atoms. The molecule has 0 saturated heterocycles. The van der Waals surface area contributed by atoms with Gasteiger partial charge in [0.15, 0.2) is 0 Å². The molecule has 14 heavy (non-hydrogen) atoms. The molecule has 1 rings (SSSR count). The average molecular weight is 190 g/mol. The van der Waals surface area contributed by atoms with Crippen LogP contribution in [0.1, 0.15) is 44.2 Å². The smallest absolute Gasteiger partial charge is 0.136 e. The van der Waals surface area contributed by atoms with E-state index in [0.29, 0.717) is 24.5 Å². The third kappa shape index (κ3) is 2.99. The van der Waals surface area contributed by atoms with Crippen molar-refractivity contribution in [1.82, 2.24) is 0 Å². The molecule has 0 heterocycles. The van der Waals surface area contributed by atoms with Gasteiger partial charge < -0.3 is 0 Å². The highest BCUT2D eigenvalue weighted by molar-refractivity contribution is 5.80. The first kappa shape index (κ1) is 11.0. The number of hydrogen-bond acceptors (Lipinski definition) is 1. The molecule has 0 aromatic heterocycles. The lowest BCUT2D eigenvalue weighted by Crippen LogP contribution is -2.00. The Morgan fingerprint density at radius 3 is 2.21 bits per heavy atom. The molecule has 1 aromatic rings. The molecule has 0 aliphatic rings. The summed E-state index contributed by atoms with van der Waals surface area (Å²) in [4.78, 5) is 11.2. The van der Waals surface area contributed by atoms with Crippen molar-refractivity contribution >= 4 is 5.78 Å². The van der Waals surface area contributed by atoms with Crippen LogP contribution in [0.3, 0.4) is 0 Å². The standard InChI is InChI=1S/C13H18O/c1-4-13(14)9-11-5-7-12(8-6-11)10(2)3/h5-8,10H,4,9H2,1-3H3. The highest BCUT2D eigenvalue weighted by Gasteiger charge is 2.02. The minimum atomic E-state index is 0.308. The normalized spacial score (nSPS) is 10.6. The van der Waals surface area contributed by atoms with Gasteiger partial charge in [-0.3, -0.25) is 4.79 Å². The lowest BCUT2D eigenvalue weighted by atomic mass is 10.00. The number of benzene rings is 1. The molecule has 0 aliphatic carbocycles. The number of rotatable bonds is 4. The van der Waals surface area contributed by atoms with Gasteiger partial charge in [0.05, 0.1) is 0 Å². The second-order valence-electron chi connectivity index (χ2n) is 3.97. The van der Waals surface area contributed by atoms with Gasteiger partial charge in [-0.2, -0.15) is 0 Å². The molecule has 0 radical (unpaired) electrons. The van der Waals surface area contributed by atoms with E-state index in [1.807, 2.05) is 6.92 Å². The fourth-order valence-electron chi connectivity index (χ4n) is 1.37. The minimum absolute atomic E-state index is 0.308. The van der Waals surface area contributed by atoms with Crippen molar-refractivity contribution in [3.63, 3.8) is 0 Å². The second kappa shape index (κ2) is 4.94. The molecule has 76 valence electrons. The van der Waals surface area contributed by atoms with Crippen LogP contribution in [0.4, 0.5) is 0 Å². The van der Waals surface area contributed by atoms with Gasteiger partial charge >= 0.3 is 0 Å². The summed E-state index contributed by atoms with van der Waals surface area (Å²) in [6.07, 6.45) is 1.21. The summed E-state index contributed by atoms with van der Waals surface area (Å²) in [5.41, 5.74) is 2.46. The van der Waals surface area contributed by atoms with Crippen molar-refractivity contribution < 1.29 is 4.79 Å².